The molecule has 1 nitrogen and oxygen atoms in total. The van der Waals surface area contributed by atoms with E-state index in [4.69, 9.17) is 16.3 Å². The van der Waals surface area contributed by atoms with Crippen LogP contribution in [-0.4, -0.2) is 13.0 Å². The predicted octanol–water partition coefficient (Wildman–Crippen LogP) is 3.74. The van der Waals surface area contributed by atoms with Gasteiger partial charge in [0.15, 0.2) is 0 Å². The highest BCUT2D eigenvalue weighted by atomic mass is 35.5. The Labute approximate surface area is 91.0 Å². The maximum absolute atomic E-state index is 5.90. The van der Waals surface area contributed by atoms with Gasteiger partial charge < -0.3 is 4.74 Å². The maximum Gasteiger partial charge on any atom is 0.121 e. The molecule has 0 amide bonds. The molecule has 78 valence electrons. The lowest BCUT2D eigenvalue weighted by Crippen LogP contribution is -1.99. The second-order valence-electron chi connectivity index (χ2n) is 3.49. The molecule has 0 bridgehead atoms. The third-order valence-electron chi connectivity index (χ3n) is 2.57. The molecule has 14 heavy (non-hydrogen) atoms. The average molecular weight is 213 g/mol. The lowest BCUT2D eigenvalue weighted by atomic mass is 9.97. The van der Waals surface area contributed by atoms with Crippen LogP contribution in [0.4, 0.5) is 0 Å². The van der Waals surface area contributed by atoms with Gasteiger partial charge in [-0.25, -0.2) is 0 Å². The molecule has 0 saturated heterocycles. The van der Waals surface area contributed by atoms with E-state index in [1.165, 1.54) is 11.1 Å². The summed E-state index contributed by atoms with van der Waals surface area (Å²) in [5, 5.41) is 0. The van der Waals surface area contributed by atoms with E-state index in [1.807, 2.05) is 6.07 Å². The van der Waals surface area contributed by atoms with Gasteiger partial charge in [-0.1, -0.05) is 19.1 Å². The fourth-order valence-corrected chi connectivity index (χ4v) is 1.99. The summed E-state index contributed by atoms with van der Waals surface area (Å²) in [4.78, 5) is 0. The summed E-state index contributed by atoms with van der Waals surface area (Å²) in [5.41, 5.74) is 2.48. The first-order chi connectivity index (χ1) is 6.72. The van der Waals surface area contributed by atoms with Crippen LogP contribution in [0, 0.1) is 6.92 Å². The summed E-state index contributed by atoms with van der Waals surface area (Å²) < 4.78 is 5.21. The number of methoxy groups -OCH3 is 1. The largest absolute Gasteiger partial charge is 0.496 e. The zero-order valence-electron chi connectivity index (χ0n) is 9.01. The van der Waals surface area contributed by atoms with E-state index in [9.17, 15) is 0 Å². The summed E-state index contributed by atoms with van der Waals surface area (Å²) in [6.07, 6.45) is 1.08. The predicted molar refractivity (Wildman–Crippen MR) is 61.5 cm³/mol. The van der Waals surface area contributed by atoms with Gasteiger partial charge >= 0.3 is 0 Å². The Morgan fingerprint density at radius 1 is 1.43 bits per heavy atom. The first-order valence-electron chi connectivity index (χ1n) is 4.93. The van der Waals surface area contributed by atoms with E-state index in [2.05, 4.69) is 26.0 Å². The summed E-state index contributed by atoms with van der Waals surface area (Å²) >= 11 is 5.90. The second kappa shape index (κ2) is 5.26. The lowest BCUT2D eigenvalue weighted by molar-refractivity contribution is 0.411. The topological polar surface area (TPSA) is 9.23 Å². The van der Waals surface area contributed by atoms with Crippen LogP contribution in [0.25, 0.3) is 0 Å². The van der Waals surface area contributed by atoms with Gasteiger partial charge in [0, 0.05) is 5.88 Å². The molecule has 0 radical (unpaired) electrons. The third-order valence-corrected chi connectivity index (χ3v) is 2.94. The van der Waals surface area contributed by atoms with E-state index in [-0.39, 0.29) is 0 Å². The molecule has 0 aliphatic rings. The molecule has 0 fully saturated rings. The Kier molecular flexibility index (Phi) is 4.27. The number of halogens is 1. The minimum absolute atomic E-state index is 0.460. The van der Waals surface area contributed by atoms with Gasteiger partial charge in [0.25, 0.3) is 0 Å². The smallest absolute Gasteiger partial charge is 0.121 e. The van der Waals surface area contributed by atoms with Gasteiger partial charge in [-0.3, -0.25) is 0 Å². The number of aryl methyl sites for hydroxylation is 1. The number of ether oxygens (including phenoxy) is 1. The highest BCUT2D eigenvalue weighted by Crippen LogP contribution is 2.26. The maximum atomic E-state index is 5.90. The van der Waals surface area contributed by atoms with E-state index in [0.717, 1.165) is 12.2 Å². The van der Waals surface area contributed by atoms with E-state index >= 15 is 0 Å². The number of hydrogen-bond donors (Lipinski definition) is 0. The van der Waals surface area contributed by atoms with Crippen LogP contribution in [0.5, 0.6) is 5.75 Å². The summed E-state index contributed by atoms with van der Waals surface area (Å²) in [6.45, 7) is 4.22. The van der Waals surface area contributed by atoms with Crippen molar-refractivity contribution in [1.29, 1.82) is 0 Å². The molecule has 1 atom stereocenters. The number of alkyl halides is 1. The van der Waals surface area contributed by atoms with Crippen molar-refractivity contribution in [3.8, 4) is 5.75 Å². The molecular formula is C12H17ClO. The average Bonchev–Trinajstić information content (AvgIpc) is 2.20. The Morgan fingerprint density at radius 3 is 2.57 bits per heavy atom. The van der Waals surface area contributed by atoms with Crippen LogP contribution in [0.2, 0.25) is 0 Å². The van der Waals surface area contributed by atoms with Gasteiger partial charge in [0.2, 0.25) is 0 Å². The minimum Gasteiger partial charge on any atom is -0.496 e. The highest BCUT2D eigenvalue weighted by molar-refractivity contribution is 6.18. The van der Waals surface area contributed by atoms with Gasteiger partial charge in [0.1, 0.15) is 5.75 Å². The van der Waals surface area contributed by atoms with E-state index in [1.54, 1.807) is 7.11 Å². The molecule has 0 aliphatic heterocycles. The quantitative estimate of drug-likeness (QED) is 0.691. The molecule has 0 aliphatic carbocycles. The summed E-state index contributed by atoms with van der Waals surface area (Å²) in [7, 11) is 1.70. The van der Waals surface area contributed by atoms with Crippen molar-refractivity contribution in [2.75, 3.05) is 13.0 Å². The molecular weight excluding hydrogens is 196 g/mol. The van der Waals surface area contributed by atoms with Crippen LogP contribution in [-0.2, 0) is 0 Å². The molecule has 1 aromatic carbocycles. The van der Waals surface area contributed by atoms with Gasteiger partial charge in [0.05, 0.1) is 7.11 Å². The van der Waals surface area contributed by atoms with Crippen LogP contribution in [0.3, 0.4) is 0 Å². The normalized spacial score (nSPS) is 12.6. The summed E-state index contributed by atoms with van der Waals surface area (Å²) in [6, 6.07) is 6.28. The van der Waals surface area contributed by atoms with Crippen molar-refractivity contribution in [2.45, 2.75) is 26.2 Å². The first kappa shape index (κ1) is 11.4. The van der Waals surface area contributed by atoms with Crippen LogP contribution >= 0.6 is 11.6 Å². The molecule has 1 unspecified atom stereocenters. The Bertz CT molecular complexity index is 292. The Morgan fingerprint density at radius 2 is 2.14 bits per heavy atom. The van der Waals surface area contributed by atoms with Crippen LogP contribution < -0.4 is 4.74 Å². The summed E-state index contributed by atoms with van der Waals surface area (Å²) in [5.74, 6) is 2.09. The zero-order valence-corrected chi connectivity index (χ0v) is 9.77. The van der Waals surface area contributed by atoms with Crippen molar-refractivity contribution < 1.29 is 4.74 Å². The lowest BCUT2D eigenvalue weighted by Gasteiger charge is -2.13. The van der Waals surface area contributed by atoms with Gasteiger partial charge in [-0.05, 0) is 36.5 Å². The first-order valence-corrected chi connectivity index (χ1v) is 5.46. The van der Waals surface area contributed by atoms with Crippen LogP contribution in [0.15, 0.2) is 18.2 Å². The fourth-order valence-electron chi connectivity index (χ4n) is 1.59. The Balaban J connectivity index is 2.95. The molecule has 2 heteroatoms. The van der Waals surface area contributed by atoms with Crippen molar-refractivity contribution in [1.82, 2.24) is 0 Å². The van der Waals surface area contributed by atoms with Crippen molar-refractivity contribution in [3.05, 3.63) is 29.3 Å². The number of hydrogen-bond acceptors (Lipinski definition) is 1. The molecule has 0 heterocycles. The number of rotatable bonds is 4. The highest BCUT2D eigenvalue weighted by Gasteiger charge is 2.09. The van der Waals surface area contributed by atoms with Crippen molar-refractivity contribution >= 4 is 11.6 Å². The molecule has 0 spiro atoms. The molecule has 0 aromatic heterocycles. The molecule has 0 saturated carbocycles. The van der Waals surface area contributed by atoms with E-state index in [0.29, 0.717) is 11.8 Å². The van der Waals surface area contributed by atoms with Crippen molar-refractivity contribution in [3.63, 3.8) is 0 Å². The molecule has 0 N–H and O–H groups in total. The Hall–Kier alpha value is -0.690. The molecule has 1 rings (SSSR count). The fraction of sp³-hybridized carbons (Fsp3) is 0.500. The number of benzene rings is 1. The minimum atomic E-state index is 0.460. The SMILES string of the molecule is CCC(CCl)c1ccc(OC)c(C)c1. The van der Waals surface area contributed by atoms with Crippen LogP contribution in [0.1, 0.15) is 30.4 Å². The molecule has 1 aromatic rings. The van der Waals surface area contributed by atoms with E-state index < -0.39 is 0 Å². The standard InChI is InChI=1S/C12H17ClO/c1-4-10(8-13)11-5-6-12(14-3)9(2)7-11/h5-7,10H,4,8H2,1-3H3. The van der Waals surface area contributed by atoms with Crippen molar-refractivity contribution in [2.24, 2.45) is 0 Å². The monoisotopic (exact) mass is 212 g/mol. The second-order valence-corrected chi connectivity index (χ2v) is 3.80. The van der Waals surface area contributed by atoms with Gasteiger partial charge in [-0.2, -0.15) is 0 Å². The zero-order chi connectivity index (χ0) is 10.6. The van der Waals surface area contributed by atoms with Gasteiger partial charge in [-0.15, -0.1) is 11.6 Å². The third kappa shape index (κ3) is 2.42.